The van der Waals surface area contributed by atoms with Gasteiger partial charge in [-0.2, -0.15) is 0 Å². The number of benzene rings is 1. The second kappa shape index (κ2) is 6.74. The number of hydrogen-bond donors (Lipinski definition) is 3. The molecule has 1 aromatic rings. The van der Waals surface area contributed by atoms with E-state index in [2.05, 4.69) is 27.9 Å². The zero-order valence-corrected chi connectivity index (χ0v) is 11.2. The Kier molecular flexibility index (Phi) is 5.31. The lowest BCUT2D eigenvalue weighted by molar-refractivity contribution is -0.131. The van der Waals surface area contributed by atoms with Crippen LogP contribution in [0.2, 0.25) is 0 Å². The fraction of sp³-hybridized carbons (Fsp3) is 0. The molecule has 0 aromatic heterocycles. The van der Waals surface area contributed by atoms with Gasteiger partial charge in [0.15, 0.2) is 0 Å². The number of carboxylic acid groups (broad SMARTS) is 1. The van der Waals surface area contributed by atoms with Crippen molar-refractivity contribution < 1.29 is 19.5 Å². The summed E-state index contributed by atoms with van der Waals surface area (Å²) in [4.78, 5) is 32.6. The molecule has 18 heavy (non-hydrogen) atoms. The lowest BCUT2D eigenvalue weighted by Crippen LogP contribution is -2.33. The van der Waals surface area contributed by atoms with Gasteiger partial charge < -0.3 is 10.4 Å². The van der Waals surface area contributed by atoms with Crippen LogP contribution < -0.4 is 10.6 Å². The second-order valence-electron chi connectivity index (χ2n) is 3.13. The number of hydrogen-bond acceptors (Lipinski definition) is 3. The van der Waals surface area contributed by atoms with Gasteiger partial charge in [0.1, 0.15) is 0 Å². The number of carbonyl (C=O) groups is 3. The minimum absolute atomic E-state index is 0.536. The zero-order valence-electron chi connectivity index (χ0n) is 9.01. The van der Waals surface area contributed by atoms with Gasteiger partial charge in [-0.15, -0.1) is 0 Å². The van der Waals surface area contributed by atoms with Crippen molar-refractivity contribution in [3.05, 3.63) is 40.0 Å². The number of halogens is 1. The molecule has 0 unspecified atom stereocenters. The van der Waals surface area contributed by atoms with Gasteiger partial charge >= 0.3 is 12.0 Å². The molecule has 0 bridgehead atoms. The van der Waals surface area contributed by atoms with Gasteiger partial charge in [0, 0.05) is 21.4 Å². The molecule has 7 heteroatoms. The first-order valence-corrected chi connectivity index (χ1v) is 5.84. The number of rotatable bonds is 3. The third-order valence-corrected chi connectivity index (χ3v) is 2.37. The molecule has 0 aliphatic carbocycles. The number of carboxylic acids is 1. The molecule has 0 heterocycles. The second-order valence-corrected chi connectivity index (χ2v) is 4.37. The van der Waals surface area contributed by atoms with Crippen molar-refractivity contribution in [1.82, 2.24) is 5.32 Å². The predicted octanol–water partition coefficient (Wildman–Crippen LogP) is 1.58. The first-order chi connectivity index (χ1) is 8.47. The Balaban J connectivity index is 2.52. The van der Waals surface area contributed by atoms with Crippen LogP contribution in [0.3, 0.4) is 0 Å². The van der Waals surface area contributed by atoms with E-state index in [0.717, 1.165) is 9.65 Å². The maximum atomic E-state index is 11.4. The van der Waals surface area contributed by atoms with E-state index in [9.17, 15) is 14.4 Å². The summed E-state index contributed by atoms with van der Waals surface area (Å²) in [6.07, 6.45) is 1.41. The standard InChI is InChI=1S/C11H9IN2O4/c12-7-2-1-3-8(6-7)13-11(18)14-9(15)4-5-10(16)17/h1-6H,(H,16,17)(H2,13,14,15,18)/b5-4+. The summed E-state index contributed by atoms with van der Waals surface area (Å²) >= 11 is 2.08. The summed E-state index contributed by atoms with van der Waals surface area (Å²) < 4.78 is 0.933. The van der Waals surface area contributed by atoms with Crippen LogP contribution in [0, 0.1) is 3.57 Å². The summed E-state index contributed by atoms with van der Waals surface area (Å²) in [6, 6.07) is 6.27. The molecule has 0 aliphatic rings. The average molecular weight is 360 g/mol. The van der Waals surface area contributed by atoms with Gasteiger partial charge in [-0.25, -0.2) is 9.59 Å². The molecule has 94 valence electrons. The minimum atomic E-state index is -1.26. The third-order valence-electron chi connectivity index (χ3n) is 1.70. The van der Waals surface area contributed by atoms with Crippen LogP contribution in [0.25, 0.3) is 0 Å². The van der Waals surface area contributed by atoms with E-state index in [1.54, 1.807) is 18.2 Å². The number of urea groups is 1. The van der Waals surface area contributed by atoms with Gasteiger partial charge in [-0.1, -0.05) is 6.07 Å². The fourth-order valence-electron chi connectivity index (χ4n) is 1.03. The minimum Gasteiger partial charge on any atom is -0.478 e. The quantitative estimate of drug-likeness (QED) is 0.564. The largest absolute Gasteiger partial charge is 0.478 e. The van der Waals surface area contributed by atoms with E-state index in [1.807, 2.05) is 11.4 Å². The molecule has 0 spiro atoms. The van der Waals surface area contributed by atoms with E-state index < -0.39 is 17.9 Å². The molecule has 0 aliphatic heterocycles. The zero-order chi connectivity index (χ0) is 13.5. The molecule has 0 saturated heterocycles. The van der Waals surface area contributed by atoms with Crippen LogP contribution in [-0.2, 0) is 9.59 Å². The maximum absolute atomic E-state index is 11.4. The summed E-state index contributed by atoms with van der Waals surface area (Å²) in [5.41, 5.74) is 0.536. The summed E-state index contributed by atoms with van der Waals surface area (Å²) in [6.45, 7) is 0. The number of imide groups is 1. The molecular formula is C11H9IN2O4. The lowest BCUT2D eigenvalue weighted by Gasteiger charge is -2.05. The van der Waals surface area contributed by atoms with Crippen molar-refractivity contribution in [2.45, 2.75) is 0 Å². The lowest BCUT2D eigenvalue weighted by atomic mass is 10.3. The number of amides is 3. The Morgan fingerprint density at radius 2 is 1.94 bits per heavy atom. The Labute approximate surface area is 116 Å². The van der Waals surface area contributed by atoms with E-state index in [4.69, 9.17) is 5.11 Å². The molecule has 0 fully saturated rings. The molecular weight excluding hydrogens is 351 g/mol. The van der Waals surface area contributed by atoms with Gasteiger partial charge in [0.25, 0.3) is 5.91 Å². The van der Waals surface area contributed by atoms with Gasteiger partial charge in [-0.3, -0.25) is 10.1 Å². The van der Waals surface area contributed by atoms with E-state index in [-0.39, 0.29) is 0 Å². The van der Waals surface area contributed by atoms with Crippen molar-refractivity contribution in [1.29, 1.82) is 0 Å². The van der Waals surface area contributed by atoms with Crippen molar-refractivity contribution in [2.24, 2.45) is 0 Å². The highest BCUT2D eigenvalue weighted by molar-refractivity contribution is 14.1. The fourth-order valence-corrected chi connectivity index (χ4v) is 1.57. The van der Waals surface area contributed by atoms with Crippen LogP contribution in [0.15, 0.2) is 36.4 Å². The van der Waals surface area contributed by atoms with Crippen molar-refractivity contribution in [2.75, 3.05) is 5.32 Å². The van der Waals surface area contributed by atoms with Crippen LogP contribution in [0.4, 0.5) is 10.5 Å². The molecule has 0 saturated carbocycles. The predicted molar refractivity (Wildman–Crippen MR) is 73.1 cm³/mol. The van der Waals surface area contributed by atoms with Crippen LogP contribution >= 0.6 is 22.6 Å². The number of aliphatic carboxylic acids is 1. The first kappa shape index (κ1) is 14.2. The average Bonchev–Trinajstić information content (AvgIpc) is 2.26. The van der Waals surface area contributed by atoms with Gasteiger partial charge in [0.2, 0.25) is 0 Å². The van der Waals surface area contributed by atoms with E-state index in [0.29, 0.717) is 11.8 Å². The summed E-state index contributed by atoms with van der Waals surface area (Å²) in [5, 5.41) is 12.7. The highest BCUT2D eigenvalue weighted by Gasteiger charge is 2.05. The van der Waals surface area contributed by atoms with Crippen LogP contribution in [0.1, 0.15) is 0 Å². The first-order valence-electron chi connectivity index (χ1n) is 4.76. The highest BCUT2D eigenvalue weighted by atomic mass is 127. The van der Waals surface area contributed by atoms with Crippen molar-refractivity contribution >= 4 is 46.2 Å². The molecule has 0 radical (unpaired) electrons. The summed E-state index contributed by atoms with van der Waals surface area (Å²) in [7, 11) is 0. The number of carbonyl (C=O) groups excluding carboxylic acids is 2. The highest BCUT2D eigenvalue weighted by Crippen LogP contribution is 2.11. The Bertz CT molecular complexity index is 514. The molecule has 3 N–H and O–H groups in total. The summed E-state index contributed by atoms with van der Waals surface area (Å²) in [5.74, 6) is -2.07. The Hall–Kier alpha value is -1.90. The van der Waals surface area contributed by atoms with Crippen molar-refractivity contribution in [3.8, 4) is 0 Å². The molecule has 1 aromatic carbocycles. The van der Waals surface area contributed by atoms with Crippen molar-refractivity contribution in [3.63, 3.8) is 0 Å². The van der Waals surface area contributed by atoms with Crippen LogP contribution in [-0.4, -0.2) is 23.0 Å². The normalized spacial score (nSPS) is 10.1. The van der Waals surface area contributed by atoms with Crippen LogP contribution in [0.5, 0.6) is 0 Å². The van der Waals surface area contributed by atoms with E-state index >= 15 is 0 Å². The SMILES string of the molecule is O=C(O)/C=C/C(=O)NC(=O)Nc1cccc(I)c1. The smallest absolute Gasteiger partial charge is 0.328 e. The third kappa shape index (κ3) is 5.43. The Morgan fingerprint density at radius 1 is 1.22 bits per heavy atom. The maximum Gasteiger partial charge on any atom is 0.328 e. The van der Waals surface area contributed by atoms with Gasteiger partial charge in [0.05, 0.1) is 0 Å². The number of nitrogens with one attached hydrogen (secondary N) is 2. The molecule has 6 nitrogen and oxygen atoms in total. The molecule has 3 amide bonds. The Morgan fingerprint density at radius 3 is 2.56 bits per heavy atom. The van der Waals surface area contributed by atoms with E-state index in [1.165, 1.54) is 0 Å². The molecule has 1 rings (SSSR count). The monoisotopic (exact) mass is 360 g/mol. The molecule has 0 atom stereocenters. The topological polar surface area (TPSA) is 95.5 Å². The van der Waals surface area contributed by atoms with Gasteiger partial charge in [-0.05, 0) is 40.8 Å². The number of anilines is 1.